The molecule has 210 valence electrons. The van der Waals surface area contributed by atoms with Gasteiger partial charge in [0.1, 0.15) is 17.7 Å². The van der Waals surface area contributed by atoms with Crippen molar-refractivity contribution in [2.45, 2.75) is 98.5 Å². The number of esters is 1. The largest absolute Gasteiger partial charge is 0.457 e. The van der Waals surface area contributed by atoms with E-state index in [0.717, 1.165) is 47.3 Å². The number of benzene rings is 1. The second-order valence-corrected chi connectivity index (χ2v) is 11.5. The molecule has 2 heterocycles. The smallest absolute Gasteiger partial charge is 0.309 e. The van der Waals surface area contributed by atoms with Crippen LogP contribution in [0.25, 0.3) is 11.0 Å². The number of nitrogens with zero attached hydrogens (tertiary/aromatic N) is 2. The van der Waals surface area contributed by atoms with Crippen molar-refractivity contribution in [1.29, 1.82) is 0 Å². The summed E-state index contributed by atoms with van der Waals surface area (Å²) in [6, 6.07) is 5.74. The zero-order valence-corrected chi connectivity index (χ0v) is 23.6. The Morgan fingerprint density at radius 3 is 2.55 bits per heavy atom. The average Bonchev–Trinajstić information content (AvgIpc) is 3.18. The lowest BCUT2D eigenvalue weighted by Gasteiger charge is -2.34. The molecular weight excluding hydrogens is 484 g/mol. The molecule has 3 unspecified atom stereocenters. The van der Waals surface area contributed by atoms with Gasteiger partial charge in [0.2, 0.25) is 0 Å². The lowest BCUT2D eigenvalue weighted by Crippen LogP contribution is -2.45. The first kappa shape index (κ1) is 30.0. The van der Waals surface area contributed by atoms with Crippen molar-refractivity contribution in [3.63, 3.8) is 0 Å². The number of aromatic nitrogens is 2. The van der Waals surface area contributed by atoms with Crippen molar-refractivity contribution in [3.8, 4) is 0 Å². The molecule has 1 aliphatic heterocycles. The molecule has 8 heteroatoms. The summed E-state index contributed by atoms with van der Waals surface area (Å²) in [4.78, 5) is 30.9. The minimum Gasteiger partial charge on any atom is -0.457 e. The van der Waals surface area contributed by atoms with Crippen molar-refractivity contribution in [2.24, 2.45) is 17.3 Å². The third-order valence-corrected chi connectivity index (χ3v) is 8.18. The fourth-order valence-corrected chi connectivity index (χ4v) is 5.40. The van der Waals surface area contributed by atoms with Gasteiger partial charge in [-0.25, -0.2) is 4.98 Å². The third-order valence-electron chi connectivity index (χ3n) is 8.18. The Balaban J connectivity index is 1.94. The van der Waals surface area contributed by atoms with Crippen molar-refractivity contribution >= 4 is 22.8 Å². The Kier molecular flexibility index (Phi) is 9.90. The molecule has 0 amide bonds. The van der Waals surface area contributed by atoms with Crippen LogP contribution in [0.4, 0.5) is 0 Å². The highest BCUT2D eigenvalue weighted by molar-refractivity contribution is 5.88. The number of carbonyl (C=O) groups excluding carboxylic acids is 2. The number of rotatable bonds is 3. The molecule has 0 fully saturated rings. The summed E-state index contributed by atoms with van der Waals surface area (Å²) < 4.78 is 7.85. The van der Waals surface area contributed by atoms with Gasteiger partial charge in [-0.2, -0.15) is 0 Å². The van der Waals surface area contributed by atoms with Crippen molar-refractivity contribution in [3.05, 3.63) is 41.2 Å². The van der Waals surface area contributed by atoms with E-state index in [1.54, 1.807) is 20.8 Å². The molecule has 3 N–H and O–H groups in total. The van der Waals surface area contributed by atoms with Crippen LogP contribution in [0.1, 0.15) is 84.2 Å². The molecule has 38 heavy (non-hydrogen) atoms. The average molecular weight is 529 g/mol. The molecule has 0 radical (unpaired) electrons. The predicted octanol–water partition coefficient (Wildman–Crippen LogP) is 4.42. The Morgan fingerprint density at radius 1 is 1.16 bits per heavy atom. The SMILES string of the molecule is C/C1=C/C[C@@H](c2ccc3c(c2)nc(C)n3CCO)OC(=O)CC(O)C(C)(C)C(=O)C(C)[C@@H](O)C(C)CCC1. The van der Waals surface area contributed by atoms with Gasteiger partial charge < -0.3 is 24.6 Å². The monoisotopic (exact) mass is 528 g/mol. The number of Topliss-reactive ketones (excluding diaryl/α,β-unsaturated/α-hetero) is 1. The van der Waals surface area contributed by atoms with Gasteiger partial charge >= 0.3 is 5.97 Å². The van der Waals surface area contributed by atoms with Gasteiger partial charge in [-0.1, -0.05) is 45.4 Å². The lowest BCUT2D eigenvalue weighted by molar-refractivity contribution is -0.155. The molecule has 5 atom stereocenters. The van der Waals surface area contributed by atoms with Crippen LogP contribution in [-0.4, -0.2) is 55.4 Å². The molecule has 1 aliphatic rings. The molecule has 2 aromatic rings. The van der Waals surface area contributed by atoms with Crippen LogP contribution in [-0.2, 0) is 20.9 Å². The fraction of sp³-hybridized carbons (Fsp3) is 0.633. The van der Waals surface area contributed by atoms with E-state index >= 15 is 0 Å². The van der Waals surface area contributed by atoms with E-state index in [1.165, 1.54) is 0 Å². The van der Waals surface area contributed by atoms with Crippen LogP contribution in [0, 0.1) is 24.2 Å². The van der Waals surface area contributed by atoms with E-state index in [1.807, 2.05) is 43.5 Å². The molecule has 0 saturated heterocycles. The molecule has 0 bridgehead atoms. The number of ketones is 1. The predicted molar refractivity (Wildman–Crippen MR) is 146 cm³/mol. The van der Waals surface area contributed by atoms with E-state index in [0.29, 0.717) is 13.0 Å². The van der Waals surface area contributed by atoms with E-state index in [2.05, 4.69) is 11.1 Å². The summed E-state index contributed by atoms with van der Waals surface area (Å²) in [7, 11) is 0. The number of aliphatic hydroxyl groups excluding tert-OH is 3. The van der Waals surface area contributed by atoms with Gasteiger partial charge in [0.05, 0.1) is 41.7 Å². The second-order valence-electron chi connectivity index (χ2n) is 11.5. The Labute approximate surface area is 225 Å². The normalized spacial score (nSPS) is 29.6. The fourth-order valence-electron chi connectivity index (χ4n) is 5.40. The molecular formula is C30H44N2O6. The zero-order valence-electron chi connectivity index (χ0n) is 23.6. The minimum atomic E-state index is -1.25. The van der Waals surface area contributed by atoms with Crippen LogP contribution in [0.5, 0.6) is 0 Å². The summed E-state index contributed by atoms with van der Waals surface area (Å²) in [6.45, 7) is 11.3. The van der Waals surface area contributed by atoms with Gasteiger partial charge in [0.25, 0.3) is 0 Å². The number of imidazole rings is 1. The van der Waals surface area contributed by atoms with Crippen molar-refractivity contribution in [2.75, 3.05) is 6.61 Å². The number of allylic oxidation sites excluding steroid dienone is 1. The molecule has 1 aromatic heterocycles. The lowest BCUT2D eigenvalue weighted by atomic mass is 9.73. The van der Waals surface area contributed by atoms with Gasteiger partial charge in [-0.05, 0) is 56.7 Å². The summed E-state index contributed by atoms with van der Waals surface area (Å²) >= 11 is 0. The maximum atomic E-state index is 13.3. The number of aliphatic hydroxyl groups is 3. The molecule has 1 aromatic carbocycles. The number of hydrogen-bond donors (Lipinski definition) is 3. The molecule has 0 aliphatic carbocycles. The van der Waals surface area contributed by atoms with Gasteiger partial charge in [-0.3, -0.25) is 9.59 Å². The number of ether oxygens (including phenoxy) is 1. The molecule has 0 saturated carbocycles. The van der Waals surface area contributed by atoms with E-state index in [9.17, 15) is 24.9 Å². The van der Waals surface area contributed by atoms with Gasteiger partial charge in [0.15, 0.2) is 0 Å². The highest BCUT2D eigenvalue weighted by Crippen LogP contribution is 2.33. The Bertz CT molecular complexity index is 1170. The summed E-state index contributed by atoms with van der Waals surface area (Å²) in [6.07, 6.45) is 2.05. The highest BCUT2D eigenvalue weighted by atomic mass is 16.5. The van der Waals surface area contributed by atoms with Crippen LogP contribution in [0.2, 0.25) is 0 Å². The van der Waals surface area contributed by atoms with Crippen molar-refractivity contribution < 1.29 is 29.6 Å². The van der Waals surface area contributed by atoms with E-state index < -0.39 is 35.6 Å². The third kappa shape index (κ3) is 6.71. The van der Waals surface area contributed by atoms with E-state index in [4.69, 9.17) is 4.74 Å². The topological polar surface area (TPSA) is 122 Å². The second kappa shape index (κ2) is 12.5. The van der Waals surface area contributed by atoms with Gasteiger partial charge in [0, 0.05) is 18.9 Å². The number of aryl methyl sites for hydroxylation is 1. The first-order valence-corrected chi connectivity index (χ1v) is 13.7. The standard InChI is InChI=1S/C30H44N2O6/c1-18-8-7-9-19(2)28(36)20(3)29(37)30(5,6)26(34)17-27(35)38-25(13-10-18)22-11-12-24-23(16-22)31-21(4)32(24)14-15-33/h10-12,16,19-20,25-26,28,33-34,36H,7-9,13-15,17H2,1-6H3/b18-10-/t19?,20?,25-,26?,28-/m0/s1. The molecule has 0 spiro atoms. The summed E-state index contributed by atoms with van der Waals surface area (Å²) in [5.74, 6) is -0.799. The Hall–Kier alpha value is -2.55. The maximum Gasteiger partial charge on any atom is 0.309 e. The van der Waals surface area contributed by atoms with Crippen LogP contribution >= 0.6 is 0 Å². The number of hydrogen-bond acceptors (Lipinski definition) is 7. The minimum absolute atomic E-state index is 0.00998. The highest BCUT2D eigenvalue weighted by Gasteiger charge is 2.42. The first-order chi connectivity index (χ1) is 17.9. The van der Waals surface area contributed by atoms with Gasteiger partial charge in [-0.15, -0.1) is 0 Å². The number of cyclic esters (lactones) is 1. The zero-order chi connectivity index (χ0) is 28.2. The number of fused-ring (bicyclic) bond motifs is 1. The summed E-state index contributed by atoms with van der Waals surface area (Å²) in [5.41, 5.74) is 2.38. The number of carbonyl (C=O) groups is 2. The van der Waals surface area contributed by atoms with Crippen LogP contribution in [0.3, 0.4) is 0 Å². The van der Waals surface area contributed by atoms with Crippen LogP contribution in [0.15, 0.2) is 29.8 Å². The van der Waals surface area contributed by atoms with Crippen molar-refractivity contribution in [1.82, 2.24) is 9.55 Å². The molecule has 8 nitrogen and oxygen atoms in total. The van der Waals surface area contributed by atoms with Crippen LogP contribution < -0.4 is 0 Å². The first-order valence-electron chi connectivity index (χ1n) is 13.7. The van der Waals surface area contributed by atoms with E-state index in [-0.39, 0.29) is 24.7 Å². The maximum absolute atomic E-state index is 13.3. The Morgan fingerprint density at radius 2 is 1.87 bits per heavy atom. The summed E-state index contributed by atoms with van der Waals surface area (Å²) in [5, 5.41) is 31.2. The molecule has 3 rings (SSSR count). The quantitative estimate of drug-likeness (QED) is 0.398.